The van der Waals surface area contributed by atoms with E-state index in [-0.39, 0.29) is 18.3 Å². The van der Waals surface area contributed by atoms with Gasteiger partial charge < -0.3 is 16.0 Å². The first-order chi connectivity index (χ1) is 11.2. The highest BCUT2D eigenvalue weighted by Gasteiger charge is 2.13. The summed E-state index contributed by atoms with van der Waals surface area (Å²) in [5.74, 6) is 1.86. The summed E-state index contributed by atoms with van der Waals surface area (Å²) in [7, 11) is 0. The molecule has 1 amide bonds. The number of nitrogens with one attached hydrogen (secondary N) is 1. The second kappa shape index (κ2) is 11.6. The van der Waals surface area contributed by atoms with Crippen LogP contribution in [0.5, 0.6) is 0 Å². The summed E-state index contributed by atoms with van der Waals surface area (Å²) in [4.78, 5) is 18.8. The predicted octanol–water partition coefficient (Wildman–Crippen LogP) is 2.58. The summed E-state index contributed by atoms with van der Waals surface area (Å²) in [5, 5.41) is 2.89. The number of carbonyl (C=O) groups is 1. The van der Waals surface area contributed by atoms with Crippen molar-refractivity contribution in [3.8, 4) is 0 Å². The van der Waals surface area contributed by atoms with E-state index >= 15 is 0 Å². The van der Waals surface area contributed by atoms with Gasteiger partial charge in [0.05, 0.1) is 6.04 Å². The molecule has 24 heavy (non-hydrogen) atoms. The van der Waals surface area contributed by atoms with E-state index in [1.807, 2.05) is 18.5 Å². The zero-order valence-electron chi connectivity index (χ0n) is 14.4. The van der Waals surface area contributed by atoms with Crippen molar-refractivity contribution in [2.24, 2.45) is 5.73 Å². The number of hydrogen-bond donors (Lipinski definition) is 2. The smallest absolute Gasteiger partial charge is 0.237 e. The molecule has 2 rings (SSSR count). The fourth-order valence-electron chi connectivity index (χ4n) is 2.70. The van der Waals surface area contributed by atoms with Gasteiger partial charge in [0.1, 0.15) is 5.82 Å². The topological polar surface area (TPSA) is 71.2 Å². The van der Waals surface area contributed by atoms with Crippen LogP contribution in [0.25, 0.3) is 0 Å². The van der Waals surface area contributed by atoms with Gasteiger partial charge in [-0.3, -0.25) is 4.79 Å². The maximum Gasteiger partial charge on any atom is 0.237 e. The van der Waals surface area contributed by atoms with Crippen LogP contribution in [0, 0.1) is 0 Å². The molecule has 2 heterocycles. The lowest BCUT2D eigenvalue weighted by Crippen LogP contribution is -2.40. The van der Waals surface area contributed by atoms with Crippen molar-refractivity contribution in [1.82, 2.24) is 10.3 Å². The van der Waals surface area contributed by atoms with Crippen molar-refractivity contribution in [3.05, 3.63) is 23.9 Å². The van der Waals surface area contributed by atoms with Crippen LogP contribution in [0.2, 0.25) is 0 Å². The lowest BCUT2D eigenvalue weighted by atomic mass is 10.2. The number of amides is 1. The largest absolute Gasteiger partial charge is 0.357 e. The van der Waals surface area contributed by atoms with Crippen LogP contribution < -0.4 is 16.0 Å². The monoisotopic (exact) mass is 372 g/mol. The van der Waals surface area contributed by atoms with Crippen molar-refractivity contribution < 1.29 is 4.79 Å². The van der Waals surface area contributed by atoms with Crippen LogP contribution >= 0.6 is 24.2 Å². The highest BCUT2D eigenvalue weighted by atomic mass is 35.5. The zero-order valence-corrected chi connectivity index (χ0v) is 16.0. The molecule has 136 valence electrons. The number of hydrogen-bond acceptors (Lipinski definition) is 5. The maximum absolute atomic E-state index is 11.9. The Labute approximate surface area is 155 Å². The number of thioether (sulfide) groups is 1. The minimum atomic E-state index is -0.424. The summed E-state index contributed by atoms with van der Waals surface area (Å²) < 4.78 is 0. The van der Waals surface area contributed by atoms with E-state index in [0.29, 0.717) is 13.0 Å². The molecule has 1 aliphatic heterocycles. The van der Waals surface area contributed by atoms with Crippen molar-refractivity contribution in [1.29, 1.82) is 0 Å². The molecular formula is C17H29ClN4OS. The standard InChI is InChI=1S/C17H28N4OS.ClH/c1-23-11-8-15(18)17(22)20-13-14-6-7-16(19-12-14)21-9-4-2-3-5-10-21;/h6-7,12,15H,2-5,8-11,13,18H2,1H3,(H,20,22);1H. The molecule has 5 nitrogen and oxygen atoms in total. The predicted molar refractivity (Wildman–Crippen MR) is 105 cm³/mol. The Bertz CT molecular complexity index is 478. The van der Waals surface area contributed by atoms with Crippen molar-refractivity contribution in [2.45, 2.75) is 44.7 Å². The van der Waals surface area contributed by atoms with E-state index in [9.17, 15) is 4.79 Å². The van der Waals surface area contributed by atoms with E-state index in [2.05, 4.69) is 21.3 Å². The fourth-order valence-corrected chi connectivity index (χ4v) is 3.19. The number of rotatable bonds is 7. The number of anilines is 1. The van der Waals surface area contributed by atoms with E-state index in [0.717, 1.165) is 30.2 Å². The average molecular weight is 373 g/mol. The molecule has 0 saturated carbocycles. The molecule has 1 aromatic rings. The van der Waals surface area contributed by atoms with Gasteiger partial charge in [0.25, 0.3) is 0 Å². The Morgan fingerprint density at radius 2 is 2.04 bits per heavy atom. The molecule has 1 aliphatic rings. The van der Waals surface area contributed by atoms with Crippen LogP contribution in [-0.2, 0) is 11.3 Å². The van der Waals surface area contributed by atoms with Gasteiger partial charge in [-0.1, -0.05) is 18.9 Å². The SMILES string of the molecule is CSCCC(N)C(=O)NCc1ccc(N2CCCCCC2)nc1.Cl. The molecule has 7 heteroatoms. The van der Waals surface area contributed by atoms with Crippen LogP contribution in [0.1, 0.15) is 37.7 Å². The van der Waals surface area contributed by atoms with Crippen LogP contribution in [0.4, 0.5) is 5.82 Å². The van der Waals surface area contributed by atoms with Gasteiger partial charge in [-0.25, -0.2) is 4.98 Å². The number of aromatic nitrogens is 1. The Balaban J connectivity index is 0.00000288. The molecule has 0 radical (unpaired) electrons. The fraction of sp³-hybridized carbons (Fsp3) is 0.647. The molecule has 3 N–H and O–H groups in total. The van der Waals surface area contributed by atoms with Gasteiger partial charge in [0, 0.05) is 25.8 Å². The Kier molecular flexibility index (Phi) is 10.1. The van der Waals surface area contributed by atoms with Gasteiger partial charge in [-0.2, -0.15) is 11.8 Å². The summed E-state index contributed by atoms with van der Waals surface area (Å²) in [5.41, 5.74) is 6.86. The second-order valence-corrected chi connectivity index (χ2v) is 7.02. The molecule has 0 bridgehead atoms. The summed E-state index contributed by atoms with van der Waals surface area (Å²) in [6.07, 6.45) is 9.70. The van der Waals surface area contributed by atoms with E-state index in [1.54, 1.807) is 11.8 Å². The van der Waals surface area contributed by atoms with Crippen LogP contribution in [0.3, 0.4) is 0 Å². The number of carbonyl (C=O) groups excluding carboxylic acids is 1. The molecule has 1 saturated heterocycles. The molecular weight excluding hydrogens is 344 g/mol. The Hall–Kier alpha value is -0.980. The molecule has 1 atom stereocenters. The lowest BCUT2D eigenvalue weighted by Gasteiger charge is -2.21. The Morgan fingerprint density at radius 1 is 1.33 bits per heavy atom. The van der Waals surface area contributed by atoms with Gasteiger partial charge in [0.15, 0.2) is 0 Å². The highest BCUT2D eigenvalue weighted by molar-refractivity contribution is 7.98. The van der Waals surface area contributed by atoms with Gasteiger partial charge in [0.2, 0.25) is 5.91 Å². The maximum atomic E-state index is 11.9. The normalized spacial score (nSPS) is 16.0. The van der Waals surface area contributed by atoms with Crippen LogP contribution in [0.15, 0.2) is 18.3 Å². The van der Waals surface area contributed by atoms with Crippen LogP contribution in [-0.4, -0.2) is 42.0 Å². The minimum absolute atomic E-state index is 0. The highest BCUT2D eigenvalue weighted by Crippen LogP contribution is 2.17. The summed E-state index contributed by atoms with van der Waals surface area (Å²) in [6.45, 7) is 2.67. The minimum Gasteiger partial charge on any atom is -0.357 e. The van der Waals surface area contributed by atoms with E-state index in [1.165, 1.54) is 25.7 Å². The van der Waals surface area contributed by atoms with Gasteiger partial charge >= 0.3 is 0 Å². The third-order valence-electron chi connectivity index (χ3n) is 4.18. The first-order valence-corrected chi connectivity index (χ1v) is 9.82. The number of pyridine rings is 1. The molecule has 0 spiro atoms. The number of nitrogens with two attached hydrogens (primary N) is 1. The summed E-state index contributed by atoms with van der Waals surface area (Å²) >= 11 is 1.70. The van der Waals surface area contributed by atoms with E-state index < -0.39 is 6.04 Å². The second-order valence-electron chi connectivity index (χ2n) is 6.03. The quantitative estimate of drug-likeness (QED) is 0.769. The molecule has 1 fully saturated rings. The number of nitrogens with zero attached hydrogens (tertiary/aromatic N) is 2. The first-order valence-electron chi connectivity index (χ1n) is 8.43. The first kappa shape index (κ1) is 21.1. The molecule has 0 aromatic carbocycles. The van der Waals surface area contributed by atoms with Crippen molar-refractivity contribution in [2.75, 3.05) is 30.0 Å². The number of halogens is 1. The Morgan fingerprint density at radius 3 is 2.62 bits per heavy atom. The summed E-state index contributed by atoms with van der Waals surface area (Å²) in [6, 6.07) is 3.67. The molecule has 1 aromatic heterocycles. The zero-order chi connectivity index (χ0) is 16.5. The van der Waals surface area contributed by atoms with Gasteiger partial charge in [-0.15, -0.1) is 12.4 Å². The van der Waals surface area contributed by atoms with Crippen molar-refractivity contribution in [3.63, 3.8) is 0 Å². The van der Waals surface area contributed by atoms with Crippen molar-refractivity contribution >= 4 is 35.9 Å². The van der Waals surface area contributed by atoms with Gasteiger partial charge in [-0.05, 0) is 42.9 Å². The third-order valence-corrected chi connectivity index (χ3v) is 4.82. The molecule has 0 aliphatic carbocycles. The average Bonchev–Trinajstić information content (AvgIpc) is 2.87. The van der Waals surface area contributed by atoms with E-state index in [4.69, 9.17) is 5.73 Å². The molecule has 1 unspecified atom stereocenters. The lowest BCUT2D eigenvalue weighted by molar-refractivity contribution is -0.122. The third kappa shape index (κ3) is 6.87.